The molecule has 3 aliphatic rings. The topological polar surface area (TPSA) is 80.9 Å². The zero-order chi connectivity index (χ0) is 18.9. The van der Waals surface area contributed by atoms with E-state index in [9.17, 15) is 4.79 Å². The van der Waals surface area contributed by atoms with Gasteiger partial charge in [0.25, 0.3) is 5.91 Å². The lowest BCUT2D eigenvalue weighted by atomic mass is 10.1. The van der Waals surface area contributed by atoms with E-state index in [-0.39, 0.29) is 11.8 Å². The summed E-state index contributed by atoms with van der Waals surface area (Å²) >= 11 is 0. The van der Waals surface area contributed by atoms with Crippen molar-refractivity contribution >= 4 is 11.7 Å². The van der Waals surface area contributed by atoms with Gasteiger partial charge in [0.15, 0.2) is 5.89 Å². The fourth-order valence-electron chi connectivity index (χ4n) is 3.97. The maximum Gasteiger partial charge on any atom is 0.255 e. The fraction of sp³-hybridized carbons (Fsp3) is 0.550. The Morgan fingerprint density at radius 3 is 2.75 bits per heavy atom. The van der Waals surface area contributed by atoms with Crippen molar-refractivity contribution < 1.29 is 18.7 Å². The van der Waals surface area contributed by atoms with Crippen molar-refractivity contribution in [3.8, 4) is 0 Å². The monoisotopic (exact) mass is 384 g/mol. The number of anilines is 1. The lowest BCUT2D eigenvalue weighted by Crippen LogP contribution is -2.37. The van der Waals surface area contributed by atoms with Crippen LogP contribution in [0.2, 0.25) is 0 Å². The number of morpholine rings is 1. The van der Waals surface area contributed by atoms with Gasteiger partial charge in [-0.2, -0.15) is 0 Å². The molecule has 2 aromatic rings. The van der Waals surface area contributed by atoms with E-state index in [0.29, 0.717) is 44.9 Å². The van der Waals surface area contributed by atoms with Crippen LogP contribution in [-0.4, -0.2) is 66.8 Å². The van der Waals surface area contributed by atoms with Crippen LogP contribution in [0, 0.1) is 0 Å². The Balaban J connectivity index is 1.27. The lowest BCUT2D eigenvalue weighted by molar-refractivity contribution is 0.0727. The standard InChI is InChI=1S/C20H24N4O4/c25-20(14-1-2-18(21-11-14)23-6-9-26-10-7-23)24-5-3-17-16(12-24)22-19(28-17)15-4-8-27-13-15/h1-2,11,15H,3-10,12-13H2. The molecule has 0 bridgehead atoms. The number of ether oxygens (including phenoxy) is 2. The molecule has 0 spiro atoms. The van der Waals surface area contributed by atoms with Gasteiger partial charge in [0.2, 0.25) is 0 Å². The highest BCUT2D eigenvalue weighted by atomic mass is 16.5. The molecule has 0 aliphatic carbocycles. The Labute approximate surface area is 163 Å². The number of rotatable bonds is 3. The van der Waals surface area contributed by atoms with E-state index in [1.807, 2.05) is 17.0 Å². The maximum absolute atomic E-state index is 12.9. The third-order valence-electron chi connectivity index (χ3n) is 5.64. The number of aromatic nitrogens is 2. The SMILES string of the molecule is O=C(c1ccc(N2CCOCC2)nc1)N1CCc2oc(C3CCOC3)nc2C1. The van der Waals surface area contributed by atoms with Gasteiger partial charge < -0.3 is 23.7 Å². The van der Waals surface area contributed by atoms with Crippen LogP contribution in [0.25, 0.3) is 0 Å². The van der Waals surface area contributed by atoms with E-state index in [1.165, 1.54) is 0 Å². The zero-order valence-corrected chi connectivity index (χ0v) is 15.8. The Hall–Kier alpha value is -2.45. The molecule has 3 aliphatic heterocycles. The Morgan fingerprint density at radius 1 is 1.11 bits per heavy atom. The molecule has 148 valence electrons. The number of pyridine rings is 1. The number of carbonyl (C=O) groups excluding carboxylic acids is 1. The molecule has 2 saturated heterocycles. The highest BCUT2D eigenvalue weighted by Crippen LogP contribution is 2.29. The average molecular weight is 384 g/mol. The van der Waals surface area contributed by atoms with Crippen molar-refractivity contribution in [3.63, 3.8) is 0 Å². The summed E-state index contributed by atoms with van der Waals surface area (Å²) in [5.41, 5.74) is 1.48. The first kappa shape index (κ1) is 17.6. The molecule has 5 rings (SSSR count). The summed E-state index contributed by atoms with van der Waals surface area (Å²) in [5, 5.41) is 0. The van der Waals surface area contributed by atoms with Gasteiger partial charge in [-0.1, -0.05) is 0 Å². The summed E-state index contributed by atoms with van der Waals surface area (Å²) < 4.78 is 16.8. The molecule has 28 heavy (non-hydrogen) atoms. The highest BCUT2D eigenvalue weighted by molar-refractivity contribution is 5.94. The predicted molar refractivity (Wildman–Crippen MR) is 100 cm³/mol. The minimum absolute atomic E-state index is 0.0135. The van der Waals surface area contributed by atoms with E-state index >= 15 is 0 Å². The minimum atomic E-state index is -0.0135. The van der Waals surface area contributed by atoms with Crippen LogP contribution in [0.5, 0.6) is 0 Å². The van der Waals surface area contributed by atoms with E-state index in [0.717, 1.165) is 49.3 Å². The fourth-order valence-corrected chi connectivity index (χ4v) is 3.97. The molecule has 1 unspecified atom stereocenters. The first-order valence-corrected chi connectivity index (χ1v) is 9.92. The van der Waals surface area contributed by atoms with Crippen molar-refractivity contribution in [1.29, 1.82) is 0 Å². The Kier molecular flexibility index (Phi) is 4.74. The summed E-state index contributed by atoms with van der Waals surface area (Å²) in [6, 6.07) is 3.78. The quantitative estimate of drug-likeness (QED) is 0.795. The molecule has 0 radical (unpaired) electrons. The second-order valence-corrected chi connectivity index (χ2v) is 7.46. The van der Waals surface area contributed by atoms with Gasteiger partial charge in [0.05, 0.1) is 37.8 Å². The maximum atomic E-state index is 12.9. The van der Waals surface area contributed by atoms with Crippen molar-refractivity contribution in [2.75, 3.05) is 51.0 Å². The number of amides is 1. The number of carbonyl (C=O) groups is 1. The van der Waals surface area contributed by atoms with Gasteiger partial charge in [-0.05, 0) is 18.6 Å². The molecule has 0 saturated carbocycles. The molecule has 0 aromatic carbocycles. The highest BCUT2D eigenvalue weighted by Gasteiger charge is 2.30. The van der Waals surface area contributed by atoms with Gasteiger partial charge in [0, 0.05) is 38.9 Å². The van der Waals surface area contributed by atoms with Crippen LogP contribution in [-0.2, 0) is 22.4 Å². The van der Waals surface area contributed by atoms with Crippen molar-refractivity contribution in [2.45, 2.75) is 25.3 Å². The summed E-state index contributed by atoms with van der Waals surface area (Å²) in [6.45, 7) is 5.63. The van der Waals surface area contributed by atoms with Gasteiger partial charge in [-0.15, -0.1) is 0 Å². The molecular formula is C20H24N4O4. The third kappa shape index (κ3) is 3.38. The molecule has 0 N–H and O–H groups in total. The average Bonchev–Trinajstić information content (AvgIpc) is 3.43. The van der Waals surface area contributed by atoms with E-state index < -0.39 is 0 Å². The van der Waals surface area contributed by atoms with Gasteiger partial charge in [0.1, 0.15) is 17.3 Å². The molecule has 1 atom stereocenters. The van der Waals surface area contributed by atoms with Crippen molar-refractivity contribution in [3.05, 3.63) is 41.2 Å². The second kappa shape index (κ2) is 7.52. The molecule has 2 aromatic heterocycles. The van der Waals surface area contributed by atoms with E-state index in [2.05, 4.69) is 14.9 Å². The van der Waals surface area contributed by atoms with Crippen molar-refractivity contribution in [2.24, 2.45) is 0 Å². The van der Waals surface area contributed by atoms with E-state index in [4.69, 9.17) is 13.9 Å². The molecule has 8 nitrogen and oxygen atoms in total. The van der Waals surface area contributed by atoms with Crippen LogP contribution in [0.1, 0.15) is 40.0 Å². The number of oxazole rings is 1. The van der Waals surface area contributed by atoms with Crippen LogP contribution in [0.15, 0.2) is 22.7 Å². The largest absolute Gasteiger partial charge is 0.445 e. The molecule has 2 fully saturated rings. The van der Waals surface area contributed by atoms with Crippen molar-refractivity contribution in [1.82, 2.24) is 14.9 Å². The number of hydrogen-bond donors (Lipinski definition) is 0. The first-order valence-electron chi connectivity index (χ1n) is 9.92. The summed E-state index contributed by atoms with van der Waals surface area (Å²) in [7, 11) is 0. The second-order valence-electron chi connectivity index (χ2n) is 7.46. The number of nitrogens with zero attached hydrogens (tertiary/aromatic N) is 4. The first-order chi connectivity index (χ1) is 13.8. The number of hydrogen-bond acceptors (Lipinski definition) is 7. The van der Waals surface area contributed by atoms with E-state index in [1.54, 1.807) is 6.20 Å². The third-order valence-corrected chi connectivity index (χ3v) is 5.64. The van der Waals surface area contributed by atoms with Gasteiger partial charge >= 0.3 is 0 Å². The van der Waals surface area contributed by atoms with Gasteiger partial charge in [-0.25, -0.2) is 9.97 Å². The minimum Gasteiger partial charge on any atom is -0.445 e. The van der Waals surface area contributed by atoms with Crippen LogP contribution in [0.4, 0.5) is 5.82 Å². The Bertz CT molecular complexity index is 838. The smallest absolute Gasteiger partial charge is 0.255 e. The Morgan fingerprint density at radius 2 is 2.00 bits per heavy atom. The zero-order valence-electron chi connectivity index (χ0n) is 15.8. The molecule has 8 heteroatoms. The lowest BCUT2D eigenvalue weighted by Gasteiger charge is -2.28. The van der Waals surface area contributed by atoms with Crippen LogP contribution in [0.3, 0.4) is 0 Å². The summed E-state index contributed by atoms with van der Waals surface area (Å²) in [4.78, 5) is 26.1. The molecule has 5 heterocycles. The molecular weight excluding hydrogens is 360 g/mol. The predicted octanol–water partition coefficient (Wildman–Crippen LogP) is 1.61. The van der Waals surface area contributed by atoms with Gasteiger partial charge in [-0.3, -0.25) is 4.79 Å². The summed E-state index contributed by atoms with van der Waals surface area (Å²) in [6.07, 6.45) is 3.32. The van der Waals surface area contributed by atoms with Crippen LogP contribution < -0.4 is 4.90 Å². The molecule has 1 amide bonds. The number of fused-ring (bicyclic) bond motifs is 1. The normalized spacial score (nSPS) is 22.4. The summed E-state index contributed by atoms with van der Waals surface area (Å²) in [5.74, 6) is 2.79. The van der Waals surface area contributed by atoms with Crippen LogP contribution >= 0.6 is 0 Å².